The van der Waals surface area contributed by atoms with Gasteiger partial charge in [-0.2, -0.15) is 0 Å². The van der Waals surface area contributed by atoms with Gasteiger partial charge in [0.15, 0.2) is 0 Å². The Morgan fingerprint density at radius 3 is 0.403 bits per heavy atom. The van der Waals surface area contributed by atoms with Crippen molar-refractivity contribution in [3.05, 3.63) is 246 Å². The Morgan fingerprint density at radius 1 is 0.194 bits per heavy atom. The molecular formula is C60H30O12. The molecule has 0 aliphatic rings. The molecule has 0 atom stereocenters. The van der Waals surface area contributed by atoms with Gasteiger partial charge in [0.25, 0.3) is 0 Å². The minimum atomic E-state index is -1.16. The summed E-state index contributed by atoms with van der Waals surface area (Å²) in [6, 6.07) is 34.4. The molecule has 7 aromatic carbocycles. The van der Waals surface area contributed by atoms with E-state index in [2.05, 4.69) is 71.0 Å². The number of hydrogen-bond donors (Lipinski definition) is 6. The molecule has 342 valence electrons. The molecule has 0 unspecified atom stereocenters. The minimum absolute atomic E-state index is 0.00455. The van der Waals surface area contributed by atoms with Crippen LogP contribution in [-0.4, -0.2) is 66.5 Å². The first-order chi connectivity index (χ1) is 34.6. The standard InChI is InChI=1S/C60H30O12/c61-55(62)43-19-1-37(2-20-43)13-31-49-50(32-14-38-3-21-44(22-4-38)56(63)64)52(34-16-40-7-25-46(26-8-40)58(67)68)54(36-18-42-11-29-48(30-12-42)60(71)72)53(35-17-41-9-27-47(28-10-41)59(69)70)51(49)33-15-39-5-23-45(24-6-39)57(65)66/h1-12,19-30H,(H,61,62)(H,63,64)(H,65,66)(H,67,68)(H,69,70)(H,71,72). The zero-order valence-electron chi connectivity index (χ0n) is 37.0. The van der Waals surface area contributed by atoms with Crippen LogP contribution in [0.2, 0.25) is 0 Å². The predicted octanol–water partition coefficient (Wildman–Crippen LogP) is 8.27. The van der Waals surface area contributed by atoms with Crippen LogP contribution in [0, 0.1) is 71.0 Å². The van der Waals surface area contributed by atoms with Crippen molar-refractivity contribution in [1.82, 2.24) is 0 Å². The van der Waals surface area contributed by atoms with Crippen LogP contribution >= 0.6 is 0 Å². The van der Waals surface area contributed by atoms with E-state index in [0.717, 1.165) is 0 Å². The Hall–Kier alpha value is -11.3. The number of carboxylic acid groups (broad SMARTS) is 6. The fourth-order valence-electron chi connectivity index (χ4n) is 6.48. The van der Waals surface area contributed by atoms with Gasteiger partial charge in [-0.1, -0.05) is 71.0 Å². The molecule has 6 N–H and O–H groups in total. The molecule has 0 aliphatic heterocycles. The quantitative estimate of drug-likeness (QED) is 0.0867. The number of carbonyl (C=O) groups is 6. The lowest BCUT2D eigenvalue weighted by Gasteiger charge is -2.13. The number of benzene rings is 7. The summed E-state index contributed by atoms with van der Waals surface area (Å²) in [5.74, 6) is 30.5. The molecule has 0 saturated heterocycles. The Labute approximate surface area is 410 Å². The van der Waals surface area contributed by atoms with E-state index in [-0.39, 0.29) is 66.8 Å². The third kappa shape index (κ3) is 12.2. The van der Waals surface area contributed by atoms with E-state index in [1.54, 1.807) is 0 Å². The highest BCUT2D eigenvalue weighted by Crippen LogP contribution is 2.28. The molecule has 0 saturated carbocycles. The molecule has 12 heteroatoms. The second-order valence-corrected chi connectivity index (χ2v) is 15.0. The lowest BCUT2D eigenvalue weighted by Crippen LogP contribution is -2.05. The zero-order valence-corrected chi connectivity index (χ0v) is 37.0. The van der Waals surface area contributed by atoms with E-state index in [1.165, 1.54) is 146 Å². The van der Waals surface area contributed by atoms with Crippen molar-refractivity contribution in [3.63, 3.8) is 0 Å². The van der Waals surface area contributed by atoms with Crippen LogP contribution in [0.4, 0.5) is 0 Å². The molecule has 7 aromatic rings. The molecule has 72 heavy (non-hydrogen) atoms. The average Bonchev–Trinajstić information content (AvgIpc) is 3.38. The summed E-state index contributed by atoms with van der Waals surface area (Å²) in [6.45, 7) is 0. The van der Waals surface area contributed by atoms with E-state index in [4.69, 9.17) is 0 Å². The summed E-state index contributed by atoms with van der Waals surface area (Å²) >= 11 is 0. The van der Waals surface area contributed by atoms with E-state index in [0.29, 0.717) is 33.4 Å². The van der Waals surface area contributed by atoms with Crippen molar-refractivity contribution in [2.75, 3.05) is 0 Å². The van der Waals surface area contributed by atoms with Gasteiger partial charge in [-0.3, -0.25) is 0 Å². The molecule has 7 rings (SSSR count). The van der Waals surface area contributed by atoms with Crippen LogP contribution in [-0.2, 0) is 0 Å². The summed E-state index contributed by atoms with van der Waals surface area (Å²) in [7, 11) is 0. The first kappa shape index (κ1) is 48.6. The smallest absolute Gasteiger partial charge is 0.335 e. The number of aromatic carboxylic acids is 6. The molecule has 0 aromatic heterocycles. The predicted molar refractivity (Wildman–Crippen MR) is 263 cm³/mol. The van der Waals surface area contributed by atoms with E-state index < -0.39 is 35.8 Å². The Kier molecular flexibility index (Phi) is 14.9. The van der Waals surface area contributed by atoms with Gasteiger partial charge in [0.05, 0.1) is 66.8 Å². The van der Waals surface area contributed by atoms with Crippen molar-refractivity contribution < 1.29 is 59.4 Å². The van der Waals surface area contributed by atoms with Crippen LogP contribution in [0.1, 0.15) is 129 Å². The molecule has 0 heterocycles. The topological polar surface area (TPSA) is 224 Å². The maximum atomic E-state index is 11.7. The highest BCUT2D eigenvalue weighted by Gasteiger charge is 2.21. The summed E-state index contributed by atoms with van der Waals surface area (Å²) < 4.78 is 0. The molecule has 0 spiro atoms. The molecule has 12 nitrogen and oxygen atoms in total. The first-order valence-electron chi connectivity index (χ1n) is 21.0. The van der Waals surface area contributed by atoms with Crippen LogP contribution < -0.4 is 0 Å². The first-order valence-corrected chi connectivity index (χ1v) is 21.0. The molecule has 0 amide bonds. The maximum Gasteiger partial charge on any atom is 0.335 e. The van der Waals surface area contributed by atoms with Crippen molar-refractivity contribution in [3.8, 4) is 71.0 Å². The van der Waals surface area contributed by atoms with E-state index in [9.17, 15) is 59.4 Å². The largest absolute Gasteiger partial charge is 0.478 e. The Bertz CT molecular complexity index is 3100. The summed E-state index contributed by atoms with van der Waals surface area (Å²) in [6.07, 6.45) is 0. The van der Waals surface area contributed by atoms with Crippen LogP contribution in [0.15, 0.2) is 146 Å². The van der Waals surface area contributed by atoms with Gasteiger partial charge in [0, 0.05) is 33.4 Å². The van der Waals surface area contributed by atoms with Crippen molar-refractivity contribution in [2.45, 2.75) is 0 Å². The van der Waals surface area contributed by atoms with Crippen LogP contribution in [0.3, 0.4) is 0 Å². The van der Waals surface area contributed by atoms with Gasteiger partial charge in [0.2, 0.25) is 0 Å². The second-order valence-electron chi connectivity index (χ2n) is 15.0. The number of hydrogen-bond acceptors (Lipinski definition) is 6. The van der Waals surface area contributed by atoms with E-state index >= 15 is 0 Å². The molecule has 0 fully saturated rings. The molecule has 0 aliphatic carbocycles. The summed E-state index contributed by atoms with van der Waals surface area (Å²) in [4.78, 5) is 70.4. The zero-order chi connectivity index (χ0) is 51.3. The van der Waals surface area contributed by atoms with Gasteiger partial charge in [-0.25, -0.2) is 28.8 Å². The van der Waals surface area contributed by atoms with Crippen LogP contribution in [0.5, 0.6) is 0 Å². The lowest BCUT2D eigenvalue weighted by atomic mass is 9.86. The van der Waals surface area contributed by atoms with Gasteiger partial charge in [-0.15, -0.1) is 0 Å². The van der Waals surface area contributed by atoms with Gasteiger partial charge in [0.1, 0.15) is 0 Å². The molecular weight excluding hydrogens is 913 g/mol. The van der Waals surface area contributed by atoms with E-state index in [1.807, 2.05) is 0 Å². The third-order valence-corrected chi connectivity index (χ3v) is 10.3. The van der Waals surface area contributed by atoms with Gasteiger partial charge >= 0.3 is 35.8 Å². The SMILES string of the molecule is O=C(O)c1ccc(C#Cc2c(C#Cc3ccc(C(=O)O)cc3)c(C#Cc3ccc(C(=O)O)cc3)c(C#Cc3ccc(C(=O)O)cc3)c(C#Cc3ccc(C(=O)O)cc3)c2C#Cc2ccc(C(=O)O)cc2)cc1. The number of carboxylic acids is 6. The number of rotatable bonds is 6. The highest BCUT2D eigenvalue weighted by molar-refractivity contribution is 5.90. The summed E-state index contributed by atoms with van der Waals surface area (Å²) in [5, 5.41) is 57.5. The maximum absolute atomic E-state index is 11.7. The Morgan fingerprint density at radius 2 is 0.306 bits per heavy atom. The highest BCUT2D eigenvalue weighted by atomic mass is 16.4. The fourth-order valence-corrected chi connectivity index (χ4v) is 6.48. The van der Waals surface area contributed by atoms with Crippen molar-refractivity contribution in [1.29, 1.82) is 0 Å². The second kappa shape index (κ2) is 22.0. The molecule has 0 bridgehead atoms. The van der Waals surface area contributed by atoms with Gasteiger partial charge in [-0.05, 0) is 146 Å². The van der Waals surface area contributed by atoms with Crippen LogP contribution in [0.25, 0.3) is 0 Å². The summed E-state index contributed by atoms with van der Waals surface area (Å²) in [5.41, 5.74) is 3.06. The van der Waals surface area contributed by atoms with Crippen molar-refractivity contribution in [2.24, 2.45) is 0 Å². The fraction of sp³-hybridized carbons (Fsp3) is 0. The third-order valence-electron chi connectivity index (χ3n) is 10.3. The average molecular weight is 943 g/mol. The van der Waals surface area contributed by atoms with Gasteiger partial charge < -0.3 is 30.6 Å². The lowest BCUT2D eigenvalue weighted by molar-refractivity contribution is 0.0686. The molecule has 0 radical (unpaired) electrons. The monoisotopic (exact) mass is 942 g/mol. The Balaban J connectivity index is 1.66. The van der Waals surface area contributed by atoms with Crippen molar-refractivity contribution >= 4 is 35.8 Å². The minimum Gasteiger partial charge on any atom is -0.478 e. The normalized spacial score (nSPS) is 9.67.